The fourth-order valence-electron chi connectivity index (χ4n) is 1.85. The minimum atomic E-state index is -1.32. The van der Waals surface area contributed by atoms with Gasteiger partial charge in [-0.3, -0.25) is 14.6 Å². The van der Waals surface area contributed by atoms with Gasteiger partial charge in [0.1, 0.15) is 11.3 Å². The number of phenols is 1. The summed E-state index contributed by atoms with van der Waals surface area (Å²) < 4.78 is 1.17. The molecule has 0 aliphatic carbocycles. The molecule has 2 rings (SSSR count). The number of aromatic carboxylic acids is 1. The van der Waals surface area contributed by atoms with E-state index in [-0.39, 0.29) is 24.2 Å². The SMILES string of the molecule is O=C(CCn1ccc(=O)[nH]c1=O)Nc1ccc(O)c(C(=O)O)c1. The van der Waals surface area contributed by atoms with Gasteiger partial charge < -0.3 is 20.1 Å². The van der Waals surface area contributed by atoms with Gasteiger partial charge in [-0.2, -0.15) is 0 Å². The second-order valence-corrected chi connectivity index (χ2v) is 4.64. The third-order valence-electron chi connectivity index (χ3n) is 2.99. The van der Waals surface area contributed by atoms with Crippen LogP contribution in [0.5, 0.6) is 5.75 Å². The number of H-pyrrole nitrogens is 1. The Hall–Kier alpha value is -3.36. The van der Waals surface area contributed by atoms with E-state index in [0.29, 0.717) is 0 Å². The fraction of sp³-hybridized carbons (Fsp3) is 0.143. The first-order chi connectivity index (χ1) is 10.9. The molecule has 0 fully saturated rings. The van der Waals surface area contributed by atoms with E-state index in [0.717, 1.165) is 12.1 Å². The molecule has 0 radical (unpaired) electrons. The number of amides is 1. The van der Waals surface area contributed by atoms with Gasteiger partial charge in [0.05, 0.1) is 0 Å². The molecule has 9 heteroatoms. The molecule has 1 aromatic heterocycles. The average Bonchev–Trinajstić information content (AvgIpc) is 2.48. The van der Waals surface area contributed by atoms with Crippen molar-refractivity contribution >= 4 is 17.6 Å². The van der Waals surface area contributed by atoms with Crippen molar-refractivity contribution < 1.29 is 19.8 Å². The number of carbonyl (C=O) groups is 2. The Balaban J connectivity index is 2.02. The van der Waals surface area contributed by atoms with E-state index in [1.54, 1.807) is 0 Å². The lowest BCUT2D eigenvalue weighted by atomic mass is 10.1. The van der Waals surface area contributed by atoms with E-state index in [2.05, 4.69) is 10.3 Å². The number of nitrogens with one attached hydrogen (secondary N) is 2. The normalized spacial score (nSPS) is 10.3. The molecule has 0 unspecified atom stereocenters. The lowest BCUT2D eigenvalue weighted by Gasteiger charge is -2.08. The molecular weight excluding hydrogens is 306 g/mol. The van der Waals surface area contributed by atoms with Crippen LogP contribution >= 0.6 is 0 Å². The number of hydrogen-bond acceptors (Lipinski definition) is 5. The Bertz CT molecular complexity index is 867. The average molecular weight is 319 g/mol. The summed E-state index contributed by atoms with van der Waals surface area (Å²) in [4.78, 5) is 47.2. The molecule has 0 atom stereocenters. The van der Waals surface area contributed by atoms with Crippen LogP contribution in [-0.4, -0.2) is 31.6 Å². The molecule has 0 saturated carbocycles. The maximum atomic E-state index is 11.8. The number of carboxylic acids is 1. The van der Waals surface area contributed by atoms with E-state index >= 15 is 0 Å². The lowest BCUT2D eigenvalue weighted by Crippen LogP contribution is -2.29. The van der Waals surface area contributed by atoms with Crippen molar-refractivity contribution in [1.29, 1.82) is 0 Å². The molecule has 2 aromatic rings. The van der Waals surface area contributed by atoms with Crippen molar-refractivity contribution in [3.63, 3.8) is 0 Å². The predicted molar refractivity (Wildman–Crippen MR) is 79.6 cm³/mol. The summed E-state index contributed by atoms with van der Waals surface area (Å²) in [5, 5.41) is 20.7. The summed E-state index contributed by atoms with van der Waals surface area (Å²) in [6.07, 6.45) is 1.22. The maximum absolute atomic E-state index is 11.8. The summed E-state index contributed by atoms with van der Waals surface area (Å²) in [6.45, 7) is 0.0469. The molecule has 120 valence electrons. The highest BCUT2D eigenvalue weighted by Crippen LogP contribution is 2.21. The summed E-state index contributed by atoms with van der Waals surface area (Å²) >= 11 is 0. The van der Waals surface area contributed by atoms with Gasteiger partial charge in [0.15, 0.2) is 0 Å². The van der Waals surface area contributed by atoms with Crippen LogP contribution in [0.4, 0.5) is 5.69 Å². The topological polar surface area (TPSA) is 141 Å². The van der Waals surface area contributed by atoms with Gasteiger partial charge >= 0.3 is 11.7 Å². The van der Waals surface area contributed by atoms with Gasteiger partial charge in [-0.25, -0.2) is 9.59 Å². The van der Waals surface area contributed by atoms with Crippen molar-refractivity contribution in [3.05, 3.63) is 56.9 Å². The van der Waals surface area contributed by atoms with E-state index in [1.807, 2.05) is 0 Å². The van der Waals surface area contributed by atoms with Crippen molar-refractivity contribution in [1.82, 2.24) is 9.55 Å². The molecule has 4 N–H and O–H groups in total. The molecule has 0 aliphatic heterocycles. The van der Waals surface area contributed by atoms with Crippen molar-refractivity contribution in [2.24, 2.45) is 0 Å². The summed E-state index contributed by atoms with van der Waals surface area (Å²) in [7, 11) is 0. The Morgan fingerprint density at radius 3 is 2.61 bits per heavy atom. The number of carbonyl (C=O) groups excluding carboxylic acids is 1. The Labute approximate surface area is 128 Å². The molecule has 0 bridgehead atoms. The van der Waals surface area contributed by atoms with Crippen LogP contribution < -0.4 is 16.6 Å². The highest BCUT2D eigenvalue weighted by atomic mass is 16.4. The van der Waals surface area contributed by atoms with Gasteiger partial charge in [0.25, 0.3) is 5.56 Å². The Morgan fingerprint density at radius 1 is 1.22 bits per heavy atom. The van der Waals surface area contributed by atoms with Gasteiger partial charge in [0.2, 0.25) is 5.91 Å². The number of anilines is 1. The van der Waals surface area contributed by atoms with Crippen molar-refractivity contribution in [3.8, 4) is 5.75 Å². The van der Waals surface area contributed by atoms with Crippen LogP contribution in [0.15, 0.2) is 40.1 Å². The monoisotopic (exact) mass is 319 g/mol. The maximum Gasteiger partial charge on any atom is 0.339 e. The van der Waals surface area contributed by atoms with Crippen LogP contribution in [0, 0.1) is 0 Å². The molecule has 1 heterocycles. The predicted octanol–water partition coefficient (Wildman–Crippen LogP) is -0.0308. The number of nitrogens with zero attached hydrogens (tertiary/aromatic N) is 1. The zero-order valence-electron chi connectivity index (χ0n) is 11.8. The second kappa shape index (κ2) is 6.60. The van der Waals surface area contributed by atoms with Crippen molar-refractivity contribution in [2.75, 3.05) is 5.32 Å². The first-order valence-electron chi connectivity index (χ1n) is 6.53. The molecular formula is C14H13N3O6. The number of aromatic nitrogens is 2. The molecule has 9 nitrogen and oxygen atoms in total. The number of rotatable bonds is 5. The smallest absolute Gasteiger partial charge is 0.339 e. The zero-order valence-corrected chi connectivity index (χ0v) is 11.8. The number of hydrogen-bond donors (Lipinski definition) is 4. The molecule has 1 amide bonds. The van der Waals surface area contributed by atoms with E-state index < -0.39 is 28.9 Å². The fourth-order valence-corrected chi connectivity index (χ4v) is 1.85. The van der Waals surface area contributed by atoms with Crippen LogP contribution in [0.2, 0.25) is 0 Å². The number of aryl methyl sites for hydroxylation is 1. The highest BCUT2D eigenvalue weighted by Gasteiger charge is 2.11. The van der Waals surface area contributed by atoms with Crippen LogP contribution in [0.3, 0.4) is 0 Å². The zero-order chi connectivity index (χ0) is 17.0. The van der Waals surface area contributed by atoms with Crippen LogP contribution in [0.1, 0.15) is 16.8 Å². The largest absolute Gasteiger partial charge is 0.507 e. The quantitative estimate of drug-likeness (QED) is 0.570. The lowest BCUT2D eigenvalue weighted by molar-refractivity contribution is -0.116. The third-order valence-corrected chi connectivity index (χ3v) is 2.99. The first kappa shape index (κ1) is 16.0. The van der Waals surface area contributed by atoms with Gasteiger partial charge in [-0.1, -0.05) is 0 Å². The highest BCUT2D eigenvalue weighted by molar-refractivity contribution is 5.95. The van der Waals surface area contributed by atoms with Crippen molar-refractivity contribution in [2.45, 2.75) is 13.0 Å². The summed E-state index contributed by atoms with van der Waals surface area (Å²) in [5.74, 6) is -2.18. The minimum absolute atomic E-state index is 0.0469. The summed E-state index contributed by atoms with van der Waals surface area (Å²) in [6, 6.07) is 4.80. The number of aromatic amines is 1. The van der Waals surface area contributed by atoms with Gasteiger partial charge in [0, 0.05) is 30.9 Å². The summed E-state index contributed by atoms with van der Waals surface area (Å²) in [5.41, 5.74) is -1.28. The molecule has 23 heavy (non-hydrogen) atoms. The number of aromatic hydroxyl groups is 1. The van der Waals surface area contributed by atoms with Gasteiger partial charge in [-0.15, -0.1) is 0 Å². The number of benzene rings is 1. The molecule has 0 spiro atoms. The molecule has 1 aromatic carbocycles. The second-order valence-electron chi connectivity index (χ2n) is 4.64. The first-order valence-corrected chi connectivity index (χ1v) is 6.53. The van der Waals surface area contributed by atoms with E-state index in [4.69, 9.17) is 5.11 Å². The molecule has 0 aliphatic rings. The Kier molecular flexibility index (Phi) is 4.60. The third kappa shape index (κ3) is 4.06. The van der Waals surface area contributed by atoms with E-state index in [1.165, 1.54) is 22.9 Å². The standard InChI is InChI=1S/C14H13N3O6/c18-10-2-1-8(7-9(10)13(21)22)15-11(19)3-5-17-6-4-12(20)16-14(17)23/h1-2,4,6-7,18H,3,5H2,(H,15,19)(H,21,22)(H,16,20,23). The molecule has 0 saturated heterocycles. The Morgan fingerprint density at radius 2 is 1.96 bits per heavy atom. The minimum Gasteiger partial charge on any atom is -0.507 e. The van der Waals surface area contributed by atoms with E-state index in [9.17, 15) is 24.3 Å². The van der Waals surface area contributed by atoms with Gasteiger partial charge in [-0.05, 0) is 18.2 Å². The van der Waals surface area contributed by atoms with Crippen LogP contribution in [0.25, 0.3) is 0 Å². The van der Waals surface area contributed by atoms with Crippen LogP contribution in [-0.2, 0) is 11.3 Å². The number of carboxylic acid groups (broad SMARTS) is 1.